The molecular formula is C29H38N2O4. The minimum atomic E-state index is -0.351. The molecule has 0 bridgehead atoms. The van der Waals surface area contributed by atoms with Crippen LogP contribution in [0.4, 0.5) is 4.79 Å². The van der Waals surface area contributed by atoms with Gasteiger partial charge in [-0.15, -0.1) is 0 Å². The van der Waals surface area contributed by atoms with Gasteiger partial charge in [0.25, 0.3) is 0 Å². The van der Waals surface area contributed by atoms with Crippen LogP contribution in [-0.4, -0.2) is 56.5 Å². The highest BCUT2D eigenvalue weighted by atomic mass is 16.5. The second-order valence-electron chi connectivity index (χ2n) is 10.6. The fourth-order valence-corrected chi connectivity index (χ4v) is 6.39. The molecule has 0 spiro atoms. The lowest BCUT2D eigenvalue weighted by molar-refractivity contribution is -0.149. The molecule has 0 radical (unpaired) electrons. The third-order valence-electron chi connectivity index (χ3n) is 8.46. The zero-order valence-electron chi connectivity index (χ0n) is 21.0. The standard InChI is InChI=1S/C29H38N2O4/c1-33-26-10-6-9-24(17-26)28-15-16-31(19-22-11-12-22)21-29(28,34-2)14-13-25(18-28)30-27(32)35-20-23-7-4-3-5-8-23/h3-10,17,22,25H,11-16,18-21H2,1-2H3,(H,30,32)/t25-,28-,29-/m0/s1. The maximum absolute atomic E-state index is 12.7. The number of nitrogens with zero attached hydrogens (tertiary/aromatic N) is 1. The molecule has 2 aromatic rings. The molecule has 6 heteroatoms. The van der Waals surface area contributed by atoms with Gasteiger partial charge in [-0.2, -0.15) is 0 Å². The molecule has 5 rings (SSSR count). The zero-order valence-corrected chi connectivity index (χ0v) is 21.0. The van der Waals surface area contributed by atoms with E-state index in [0.717, 1.165) is 56.0 Å². The van der Waals surface area contributed by atoms with Crippen molar-refractivity contribution >= 4 is 6.09 Å². The Bertz CT molecular complexity index is 1010. The first-order chi connectivity index (χ1) is 17.1. The first-order valence-corrected chi connectivity index (χ1v) is 13.0. The van der Waals surface area contributed by atoms with Gasteiger partial charge >= 0.3 is 6.09 Å². The van der Waals surface area contributed by atoms with Crippen LogP contribution in [0.2, 0.25) is 0 Å². The normalized spacial score (nSPS) is 28.7. The molecule has 2 saturated carbocycles. The minimum Gasteiger partial charge on any atom is -0.497 e. The Morgan fingerprint density at radius 3 is 2.63 bits per heavy atom. The Balaban J connectivity index is 1.36. The number of ether oxygens (including phenoxy) is 3. The Morgan fingerprint density at radius 2 is 1.89 bits per heavy atom. The van der Waals surface area contributed by atoms with Crippen molar-refractivity contribution < 1.29 is 19.0 Å². The molecule has 3 aliphatic rings. The van der Waals surface area contributed by atoms with E-state index in [9.17, 15) is 4.79 Å². The van der Waals surface area contributed by atoms with Gasteiger partial charge in [-0.25, -0.2) is 4.79 Å². The number of piperidine rings is 1. The van der Waals surface area contributed by atoms with Crippen molar-refractivity contribution in [3.63, 3.8) is 0 Å². The molecule has 35 heavy (non-hydrogen) atoms. The van der Waals surface area contributed by atoms with E-state index >= 15 is 0 Å². The number of amides is 1. The number of fused-ring (bicyclic) bond motifs is 1. The summed E-state index contributed by atoms with van der Waals surface area (Å²) in [7, 11) is 3.59. The van der Waals surface area contributed by atoms with Gasteiger partial charge in [-0.05, 0) is 74.2 Å². The molecule has 3 fully saturated rings. The van der Waals surface area contributed by atoms with Gasteiger partial charge in [0, 0.05) is 31.7 Å². The summed E-state index contributed by atoms with van der Waals surface area (Å²) in [6.45, 7) is 3.43. The lowest BCUT2D eigenvalue weighted by Crippen LogP contribution is -2.68. The first kappa shape index (κ1) is 24.1. The second-order valence-corrected chi connectivity index (χ2v) is 10.6. The number of likely N-dealkylation sites (tertiary alicyclic amines) is 1. The van der Waals surface area contributed by atoms with E-state index in [0.29, 0.717) is 0 Å². The minimum absolute atomic E-state index is 0.0303. The van der Waals surface area contributed by atoms with Gasteiger partial charge in [0.1, 0.15) is 12.4 Å². The third kappa shape index (κ3) is 5.05. The largest absolute Gasteiger partial charge is 0.497 e. The summed E-state index contributed by atoms with van der Waals surface area (Å²) in [5.74, 6) is 1.71. The zero-order chi connectivity index (χ0) is 24.3. The molecule has 3 atom stereocenters. The molecule has 2 aromatic carbocycles. The smallest absolute Gasteiger partial charge is 0.407 e. The molecule has 1 aliphatic heterocycles. The molecule has 0 aromatic heterocycles. The fourth-order valence-electron chi connectivity index (χ4n) is 6.39. The van der Waals surface area contributed by atoms with Crippen molar-refractivity contribution in [2.45, 2.75) is 62.2 Å². The van der Waals surface area contributed by atoms with E-state index in [1.54, 1.807) is 7.11 Å². The quantitative estimate of drug-likeness (QED) is 0.584. The molecule has 188 valence electrons. The number of hydrogen-bond acceptors (Lipinski definition) is 5. The predicted molar refractivity (Wildman–Crippen MR) is 136 cm³/mol. The average molecular weight is 479 g/mol. The maximum atomic E-state index is 12.7. The van der Waals surface area contributed by atoms with Crippen LogP contribution >= 0.6 is 0 Å². The molecule has 1 heterocycles. The number of benzene rings is 2. The summed E-state index contributed by atoms with van der Waals surface area (Å²) in [6, 6.07) is 18.3. The summed E-state index contributed by atoms with van der Waals surface area (Å²) < 4.78 is 17.6. The number of carbonyl (C=O) groups is 1. The van der Waals surface area contributed by atoms with Crippen molar-refractivity contribution in [2.24, 2.45) is 5.92 Å². The summed E-state index contributed by atoms with van der Waals surface area (Å²) in [5.41, 5.74) is 1.74. The second kappa shape index (κ2) is 10.2. The van der Waals surface area contributed by atoms with Crippen LogP contribution in [0.5, 0.6) is 5.75 Å². The number of alkyl carbamates (subject to hydrolysis) is 1. The van der Waals surface area contributed by atoms with E-state index in [1.165, 1.54) is 24.9 Å². The van der Waals surface area contributed by atoms with Crippen molar-refractivity contribution in [1.82, 2.24) is 10.2 Å². The summed E-state index contributed by atoms with van der Waals surface area (Å²) in [5, 5.41) is 3.18. The van der Waals surface area contributed by atoms with Crippen molar-refractivity contribution in [3.05, 3.63) is 65.7 Å². The van der Waals surface area contributed by atoms with Gasteiger partial charge in [0.2, 0.25) is 0 Å². The van der Waals surface area contributed by atoms with Gasteiger partial charge < -0.3 is 24.4 Å². The van der Waals surface area contributed by atoms with E-state index in [2.05, 4.69) is 28.4 Å². The number of carbonyl (C=O) groups excluding carboxylic acids is 1. The molecule has 1 amide bonds. The maximum Gasteiger partial charge on any atom is 0.407 e. The molecule has 0 unspecified atom stereocenters. The van der Waals surface area contributed by atoms with E-state index in [1.807, 2.05) is 43.5 Å². The van der Waals surface area contributed by atoms with Crippen LogP contribution in [0.3, 0.4) is 0 Å². The topological polar surface area (TPSA) is 60.0 Å². The highest BCUT2D eigenvalue weighted by Crippen LogP contribution is 2.54. The van der Waals surface area contributed by atoms with Gasteiger partial charge in [0.05, 0.1) is 12.7 Å². The monoisotopic (exact) mass is 478 g/mol. The Hall–Kier alpha value is -2.57. The summed E-state index contributed by atoms with van der Waals surface area (Å²) >= 11 is 0. The van der Waals surface area contributed by atoms with Gasteiger partial charge in [0.15, 0.2) is 0 Å². The van der Waals surface area contributed by atoms with Gasteiger partial charge in [-0.3, -0.25) is 0 Å². The SMILES string of the molecule is COc1cccc([C@@]23CCN(CC4CC4)C[C@@]2(OC)CC[C@H](NC(=O)OCc2ccccc2)C3)c1. The number of rotatable bonds is 8. The Labute approximate surface area is 208 Å². The molecule has 2 aliphatic carbocycles. The van der Waals surface area contributed by atoms with Crippen molar-refractivity contribution in [1.29, 1.82) is 0 Å². The number of hydrogen-bond donors (Lipinski definition) is 1. The molecule has 1 saturated heterocycles. The number of methoxy groups -OCH3 is 2. The van der Waals surface area contributed by atoms with Crippen LogP contribution < -0.4 is 10.1 Å². The van der Waals surface area contributed by atoms with Gasteiger partial charge in [-0.1, -0.05) is 42.5 Å². The fraction of sp³-hybridized carbons (Fsp3) is 0.552. The average Bonchev–Trinajstić information content (AvgIpc) is 3.72. The lowest BCUT2D eigenvalue weighted by Gasteiger charge is -2.60. The lowest BCUT2D eigenvalue weighted by atomic mass is 9.55. The summed E-state index contributed by atoms with van der Waals surface area (Å²) in [4.78, 5) is 15.3. The molecular weight excluding hydrogens is 440 g/mol. The van der Waals surface area contributed by atoms with E-state index in [-0.39, 0.29) is 29.8 Å². The van der Waals surface area contributed by atoms with Crippen LogP contribution in [-0.2, 0) is 21.5 Å². The first-order valence-electron chi connectivity index (χ1n) is 13.0. The predicted octanol–water partition coefficient (Wildman–Crippen LogP) is 4.91. The van der Waals surface area contributed by atoms with Crippen LogP contribution in [0.15, 0.2) is 54.6 Å². The van der Waals surface area contributed by atoms with Crippen molar-refractivity contribution in [3.8, 4) is 5.75 Å². The van der Waals surface area contributed by atoms with E-state index in [4.69, 9.17) is 14.2 Å². The van der Waals surface area contributed by atoms with E-state index < -0.39 is 0 Å². The van der Waals surface area contributed by atoms with Crippen LogP contribution in [0.25, 0.3) is 0 Å². The van der Waals surface area contributed by atoms with Crippen molar-refractivity contribution in [2.75, 3.05) is 33.9 Å². The Kier molecular flexibility index (Phi) is 7.03. The highest BCUT2D eigenvalue weighted by Gasteiger charge is 2.59. The molecule has 6 nitrogen and oxygen atoms in total. The Morgan fingerprint density at radius 1 is 1.06 bits per heavy atom. The van der Waals surface area contributed by atoms with Crippen LogP contribution in [0, 0.1) is 5.92 Å². The summed E-state index contributed by atoms with van der Waals surface area (Å²) in [6.07, 6.45) is 5.95. The third-order valence-corrected chi connectivity index (χ3v) is 8.46. The number of nitrogens with one attached hydrogen (secondary N) is 1. The highest BCUT2D eigenvalue weighted by molar-refractivity contribution is 5.67. The van der Waals surface area contributed by atoms with Crippen LogP contribution in [0.1, 0.15) is 49.7 Å². The molecule has 1 N–H and O–H groups in total.